The predicted molar refractivity (Wildman–Crippen MR) is 64.0 cm³/mol. The van der Waals surface area contributed by atoms with Gasteiger partial charge in [-0.05, 0) is 26.3 Å². The van der Waals surface area contributed by atoms with E-state index in [1.54, 1.807) is 11.3 Å². The van der Waals surface area contributed by atoms with Crippen molar-refractivity contribution in [2.24, 2.45) is 5.73 Å². The molecule has 4 heteroatoms. The molecule has 0 spiro atoms. The van der Waals surface area contributed by atoms with Crippen molar-refractivity contribution in [3.05, 3.63) is 16.1 Å². The first-order valence-electron chi connectivity index (χ1n) is 5.65. The van der Waals surface area contributed by atoms with Crippen molar-refractivity contribution in [1.82, 2.24) is 9.88 Å². The highest BCUT2D eigenvalue weighted by Crippen LogP contribution is 2.21. The van der Waals surface area contributed by atoms with Crippen LogP contribution < -0.4 is 5.73 Å². The van der Waals surface area contributed by atoms with Crippen LogP contribution in [-0.4, -0.2) is 29.0 Å². The van der Waals surface area contributed by atoms with E-state index in [9.17, 15) is 0 Å². The molecule has 84 valence electrons. The molecule has 0 aliphatic carbocycles. The minimum absolute atomic E-state index is 0.584. The molecule has 1 atom stereocenters. The maximum absolute atomic E-state index is 5.80. The Balaban J connectivity index is 1.97. The zero-order valence-electron chi connectivity index (χ0n) is 9.28. The number of likely N-dealkylation sites (tertiary alicyclic amines) is 1. The highest BCUT2D eigenvalue weighted by molar-refractivity contribution is 7.11. The minimum atomic E-state index is 0.584. The van der Waals surface area contributed by atoms with Crippen molar-refractivity contribution in [3.63, 3.8) is 0 Å². The summed E-state index contributed by atoms with van der Waals surface area (Å²) in [6.07, 6.45) is 5.91. The van der Waals surface area contributed by atoms with E-state index in [-0.39, 0.29) is 0 Å². The molecule has 15 heavy (non-hydrogen) atoms. The number of nitrogens with zero attached hydrogens (tertiary/aromatic N) is 2. The van der Waals surface area contributed by atoms with Gasteiger partial charge in [0.1, 0.15) is 0 Å². The second-order valence-corrected chi connectivity index (χ2v) is 5.52. The third-order valence-corrected chi connectivity index (χ3v) is 3.95. The number of hydrogen-bond donors (Lipinski definition) is 1. The van der Waals surface area contributed by atoms with Gasteiger partial charge in [-0.1, -0.05) is 6.42 Å². The van der Waals surface area contributed by atoms with Gasteiger partial charge in [0.05, 0.1) is 5.01 Å². The molecule has 0 radical (unpaired) electrons. The van der Waals surface area contributed by atoms with E-state index in [4.69, 9.17) is 5.73 Å². The van der Waals surface area contributed by atoms with E-state index in [0.717, 1.165) is 18.1 Å². The van der Waals surface area contributed by atoms with Crippen LogP contribution in [0.15, 0.2) is 6.20 Å². The number of aryl methyl sites for hydroxylation is 1. The van der Waals surface area contributed by atoms with Crippen molar-refractivity contribution in [2.45, 2.75) is 38.8 Å². The summed E-state index contributed by atoms with van der Waals surface area (Å²) in [5.41, 5.74) is 5.80. The first-order valence-corrected chi connectivity index (χ1v) is 6.46. The van der Waals surface area contributed by atoms with E-state index < -0.39 is 0 Å². The van der Waals surface area contributed by atoms with E-state index in [1.807, 2.05) is 6.20 Å². The Kier molecular flexibility index (Phi) is 3.72. The lowest BCUT2D eigenvalue weighted by molar-refractivity contribution is 0.146. The van der Waals surface area contributed by atoms with E-state index in [1.165, 1.54) is 30.7 Å². The molecule has 1 aliphatic heterocycles. The van der Waals surface area contributed by atoms with Crippen molar-refractivity contribution in [2.75, 3.05) is 13.1 Å². The lowest BCUT2D eigenvalue weighted by Crippen LogP contribution is -2.43. The van der Waals surface area contributed by atoms with Crippen LogP contribution in [0.1, 0.15) is 29.1 Å². The number of aromatic nitrogens is 1. The van der Waals surface area contributed by atoms with Gasteiger partial charge in [-0.3, -0.25) is 4.90 Å². The van der Waals surface area contributed by atoms with Gasteiger partial charge in [-0.15, -0.1) is 11.3 Å². The van der Waals surface area contributed by atoms with Crippen LogP contribution in [0.5, 0.6) is 0 Å². The summed E-state index contributed by atoms with van der Waals surface area (Å²) in [5.74, 6) is 0. The highest BCUT2D eigenvalue weighted by Gasteiger charge is 2.21. The molecule has 0 amide bonds. The molecule has 0 bridgehead atoms. The van der Waals surface area contributed by atoms with Gasteiger partial charge in [0.15, 0.2) is 0 Å². The molecule has 3 nitrogen and oxygen atoms in total. The average Bonchev–Trinajstić information content (AvgIpc) is 2.65. The van der Waals surface area contributed by atoms with Crippen LogP contribution in [0.25, 0.3) is 0 Å². The van der Waals surface area contributed by atoms with Gasteiger partial charge < -0.3 is 5.73 Å². The molecule has 1 unspecified atom stereocenters. The van der Waals surface area contributed by atoms with Crippen molar-refractivity contribution < 1.29 is 0 Å². The molecule has 1 aliphatic rings. The second kappa shape index (κ2) is 5.05. The SMILES string of the molecule is Cc1ncc(CN2CCCCC2CN)s1. The molecule has 1 aromatic heterocycles. The first-order chi connectivity index (χ1) is 7.29. The normalized spacial score (nSPS) is 23.2. The molecule has 2 rings (SSSR count). The molecule has 0 saturated carbocycles. The quantitative estimate of drug-likeness (QED) is 0.852. The lowest BCUT2D eigenvalue weighted by atomic mass is 10.0. The fraction of sp³-hybridized carbons (Fsp3) is 0.727. The van der Waals surface area contributed by atoms with Crippen molar-refractivity contribution >= 4 is 11.3 Å². The monoisotopic (exact) mass is 225 g/mol. The highest BCUT2D eigenvalue weighted by atomic mass is 32.1. The molecular formula is C11H19N3S. The van der Waals surface area contributed by atoms with Gasteiger partial charge in [-0.25, -0.2) is 4.98 Å². The van der Waals surface area contributed by atoms with E-state index in [0.29, 0.717) is 6.04 Å². The molecule has 2 heterocycles. The summed E-state index contributed by atoms with van der Waals surface area (Å²) >= 11 is 1.80. The summed E-state index contributed by atoms with van der Waals surface area (Å²) in [6, 6.07) is 0.584. The summed E-state index contributed by atoms with van der Waals surface area (Å²) in [7, 11) is 0. The predicted octanol–water partition coefficient (Wildman–Crippen LogP) is 1.76. The standard InChI is InChI=1S/C11H19N3S/c1-9-13-7-11(15-9)8-14-5-3-2-4-10(14)6-12/h7,10H,2-6,8,12H2,1H3. The van der Waals surface area contributed by atoms with Crippen molar-refractivity contribution in [1.29, 1.82) is 0 Å². The summed E-state index contributed by atoms with van der Waals surface area (Å²) in [5, 5.41) is 1.16. The maximum Gasteiger partial charge on any atom is 0.0897 e. The number of hydrogen-bond acceptors (Lipinski definition) is 4. The number of piperidine rings is 1. The number of thiazole rings is 1. The van der Waals surface area contributed by atoms with Gasteiger partial charge in [0.2, 0.25) is 0 Å². The van der Waals surface area contributed by atoms with Crippen molar-refractivity contribution in [3.8, 4) is 0 Å². The van der Waals surface area contributed by atoms with Gasteiger partial charge in [0, 0.05) is 30.2 Å². The summed E-state index contributed by atoms with van der Waals surface area (Å²) in [6.45, 7) is 5.08. The van der Waals surface area contributed by atoms with Gasteiger partial charge >= 0.3 is 0 Å². The fourth-order valence-electron chi connectivity index (χ4n) is 2.21. The van der Waals surface area contributed by atoms with Crippen LogP contribution >= 0.6 is 11.3 Å². The van der Waals surface area contributed by atoms with E-state index >= 15 is 0 Å². The van der Waals surface area contributed by atoms with E-state index in [2.05, 4.69) is 16.8 Å². The Morgan fingerprint density at radius 2 is 2.47 bits per heavy atom. The summed E-state index contributed by atoms with van der Waals surface area (Å²) in [4.78, 5) is 8.17. The second-order valence-electron chi connectivity index (χ2n) is 4.20. The summed E-state index contributed by atoms with van der Waals surface area (Å²) < 4.78 is 0. The molecule has 0 aromatic carbocycles. The first kappa shape index (κ1) is 11.0. The minimum Gasteiger partial charge on any atom is -0.329 e. The molecular weight excluding hydrogens is 206 g/mol. The molecule has 1 fully saturated rings. The Bertz CT molecular complexity index is 311. The Morgan fingerprint density at radius 3 is 3.13 bits per heavy atom. The Labute approximate surface area is 95.3 Å². The van der Waals surface area contributed by atoms with Crippen LogP contribution in [0.3, 0.4) is 0 Å². The third kappa shape index (κ3) is 2.77. The third-order valence-electron chi connectivity index (χ3n) is 3.05. The molecule has 2 N–H and O–H groups in total. The lowest BCUT2D eigenvalue weighted by Gasteiger charge is -2.34. The van der Waals surface area contributed by atoms with Crippen LogP contribution in [-0.2, 0) is 6.54 Å². The number of nitrogens with two attached hydrogens (primary N) is 1. The topological polar surface area (TPSA) is 42.2 Å². The zero-order chi connectivity index (χ0) is 10.7. The average molecular weight is 225 g/mol. The van der Waals surface area contributed by atoms with Crippen LogP contribution in [0.2, 0.25) is 0 Å². The molecule has 1 aromatic rings. The zero-order valence-corrected chi connectivity index (χ0v) is 10.1. The maximum atomic E-state index is 5.80. The largest absolute Gasteiger partial charge is 0.329 e. The Hall–Kier alpha value is -0.450. The fourth-order valence-corrected chi connectivity index (χ4v) is 3.03. The van der Waals surface area contributed by atoms with Gasteiger partial charge in [-0.2, -0.15) is 0 Å². The smallest absolute Gasteiger partial charge is 0.0897 e. The van der Waals surface area contributed by atoms with Crippen LogP contribution in [0.4, 0.5) is 0 Å². The Morgan fingerprint density at radius 1 is 1.60 bits per heavy atom. The molecule has 1 saturated heterocycles. The van der Waals surface area contributed by atoms with Gasteiger partial charge in [0.25, 0.3) is 0 Å². The number of rotatable bonds is 3. The van der Waals surface area contributed by atoms with Crippen LogP contribution in [0, 0.1) is 6.92 Å².